The summed E-state index contributed by atoms with van der Waals surface area (Å²) >= 11 is 1.63. The van der Waals surface area contributed by atoms with E-state index in [-0.39, 0.29) is 24.5 Å². The van der Waals surface area contributed by atoms with E-state index in [2.05, 4.69) is 5.32 Å². The van der Waals surface area contributed by atoms with Gasteiger partial charge in [0.25, 0.3) is 0 Å². The van der Waals surface area contributed by atoms with E-state index in [1.165, 1.54) is 6.92 Å². The highest BCUT2D eigenvalue weighted by atomic mass is 32.2. The maximum absolute atomic E-state index is 12.4. The first-order valence-electron chi connectivity index (χ1n) is 10.3. The number of rotatable bonds is 9. The lowest BCUT2D eigenvalue weighted by atomic mass is 10.1. The molecule has 0 aliphatic rings. The van der Waals surface area contributed by atoms with E-state index in [1.54, 1.807) is 23.9 Å². The second kappa shape index (κ2) is 11.3. The van der Waals surface area contributed by atoms with Gasteiger partial charge in [0.1, 0.15) is 0 Å². The molecule has 0 aliphatic heterocycles. The first-order valence-corrected chi connectivity index (χ1v) is 11.2. The number of amides is 1. The average Bonchev–Trinajstić information content (AvgIpc) is 2.80. The van der Waals surface area contributed by atoms with Crippen molar-refractivity contribution in [3.8, 4) is 0 Å². The van der Waals surface area contributed by atoms with Crippen molar-refractivity contribution in [1.29, 1.82) is 0 Å². The third kappa shape index (κ3) is 7.10. The lowest BCUT2D eigenvalue weighted by molar-refractivity contribution is -0.147. The molecule has 0 aliphatic carbocycles. The van der Waals surface area contributed by atoms with E-state index in [1.807, 2.05) is 73.7 Å². The summed E-state index contributed by atoms with van der Waals surface area (Å²) in [6.07, 6.45) is -1.02. The quantitative estimate of drug-likeness (QED) is 0.337. The summed E-state index contributed by atoms with van der Waals surface area (Å²) in [5.74, 6) is -1.14. The summed E-state index contributed by atoms with van der Waals surface area (Å²) in [5, 5.41) is 2.77. The molecule has 0 saturated heterocycles. The molecule has 3 aromatic rings. The normalized spacial score (nSPS) is 11.4. The van der Waals surface area contributed by atoms with Crippen molar-refractivity contribution in [2.75, 3.05) is 5.32 Å². The van der Waals surface area contributed by atoms with Crippen molar-refractivity contribution in [2.45, 2.75) is 42.6 Å². The zero-order chi connectivity index (χ0) is 22.9. The molecular formula is C26H25NO4S. The van der Waals surface area contributed by atoms with Gasteiger partial charge >= 0.3 is 5.97 Å². The highest BCUT2D eigenvalue weighted by Crippen LogP contribution is 2.28. The molecule has 164 valence electrons. The summed E-state index contributed by atoms with van der Waals surface area (Å²) < 4.78 is 5.20. The van der Waals surface area contributed by atoms with Crippen LogP contribution in [-0.2, 0) is 14.3 Å². The number of benzene rings is 3. The van der Waals surface area contributed by atoms with E-state index >= 15 is 0 Å². The van der Waals surface area contributed by atoms with Crippen LogP contribution in [0.4, 0.5) is 5.69 Å². The van der Waals surface area contributed by atoms with Crippen LogP contribution in [0.15, 0.2) is 88.7 Å². The molecule has 0 aromatic heterocycles. The number of hydrogen-bond donors (Lipinski definition) is 1. The fraction of sp³-hybridized carbons (Fsp3) is 0.192. The van der Waals surface area contributed by atoms with Crippen LogP contribution >= 0.6 is 11.8 Å². The Labute approximate surface area is 192 Å². The number of nitrogens with one attached hydrogen (secondary N) is 1. The molecule has 32 heavy (non-hydrogen) atoms. The number of esters is 1. The van der Waals surface area contributed by atoms with Gasteiger partial charge in [-0.15, -0.1) is 0 Å². The molecule has 3 rings (SSSR count). The minimum atomic E-state index is -0.900. The minimum Gasteiger partial charge on any atom is -0.454 e. The van der Waals surface area contributed by atoms with E-state index in [0.29, 0.717) is 11.3 Å². The van der Waals surface area contributed by atoms with Crippen LogP contribution in [0.3, 0.4) is 0 Å². The van der Waals surface area contributed by atoms with Crippen molar-refractivity contribution in [1.82, 2.24) is 0 Å². The fourth-order valence-corrected chi connectivity index (χ4v) is 3.77. The van der Waals surface area contributed by atoms with Crippen LogP contribution in [0.1, 0.15) is 35.7 Å². The summed E-state index contributed by atoms with van der Waals surface area (Å²) in [6.45, 7) is 3.47. The summed E-state index contributed by atoms with van der Waals surface area (Å²) in [5.41, 5.74) is 2.19. The van der Waals surface area contributed by atoms with Gasteiger partial charge in [0.2, 0.25) is 11.7 Å². The summed E-state index contributed by atoms with van der Waals surface area (Å²) in [6, 6.07) is 24.6. The van der Waals surface area contributed by atoms with Gasteiger partial charge in [-0.3, -0.25) is 14.4 Å². The number of ether oxygens (including phenoxy) is 1. The standard InChI is InChI=1S/C26H25NO4S/c1-18-8-10-20(11-9-18)26(30)19(2)31-25(29)17-16-24(28)27-21-12-14-23(15-13-21)32-22-6-4-3-5-7-22/h3-15,19H,16-17H2,1-2H3,(H,27,28). The largest absolute Gasteiger partial charge is 0.454 e. The number of aryl methyl sites for hydroxylation is 1. The van der Waals surface area contributed by atoms with Gasteiger partial charge in [0.15, 0.2) is 6.10 Å². The van der Waals surface area contributed by atoms with E-state index < -0.39 is 12.1 Å². The van der Waals surface area contributed by atoms with Gasteiger partial charge < -0.3 is 10.1 Å². The highest BCUT2D eigenvalue weighted by Gasteiger charge is 2.20. The number of Topliss-reactive ketones (excluding diaryl/α,β-unsaturated/α-hetero) is 1. The Morgan fingerprint density at radius 1 is 0.844 bits per heavy atom. The maximum atomic E-state index is 12.4. The van der Waals surface area contributed by atoms with E-state index in [4.69, 9.17) is 4.74 Å². The predicted molar refractivity (Wildman–Crippen MR) is 126 cm³/mol. The smallest absolute Gasteiger partial charge is 0.307 e. The fourth-order valence-electron chi connectivity index (χ4n) is 2.93. The minimum absolute atomic E-state index is 0.0230. The van der Waals surface area contributed by atoms with Gasteiger partial charge in [-0.25, -0.2) is 0 Å². The molecule has 0 saturated carbocycles. The molecule has 0 heterocycles. The van der Waals surface area contributed by atoms with Crippen molar-refractivity contribution in [3.05, 3.63) is 90.0 Å². The molecule has 5 nitrogen and oxygen atoms in total. The third-order valence-electron chi connectivity index (χ3n) is 4.69. The highest BCUT2D eigenvalue weighted by molar-refractivity contribution is 7.99. The molecule has 1 atom stereocenters. The van der Waals surface area contributed by atoms with Crippen molar-refractivity contribution in [2.24, 2.45) is 0 Å². The second-order valence-electron chi connectivity index (χ2n) is 7.35. The number of anilines is 1. The number of hydrogen-bond acceptors (Lipinski definition) is 5. The number of ketones is 1. The second-order valence-corrected chi connectivity index (χ2v) is 8.50. The van der Waals surface area contributed by atoms with Crippen LogP contribution in [0.25, 0.3) is 0 Å². The first-order chi connectivity index (χ1) is 15.4. The Bertz CT molecular complexity index is 1060. The van der Waals surface area contributed by atoms with Gasteiger partial charge in [0.05, 0.1) is 6.42 Å². The average molecular weight is 448 g/mol. The molecule has 0 radical (unpaired) electrons. The van der Waals surface area contributed by atoms with Gasteiger partial charge in [0, 0.05) is 27.5 Å². The molecule has 3 aromatic carbocycles. The number of carbonyl (C=O) groups is 3. The molecule has 6 heteroatoms. The Hall–Kier alpha value is -3.38. The van der Waals surface area contributed by atoms with Gasteiger partial charge in [-0.1, -0.05) is 59.8 Å². The lowest BCUT2D eigenvalue weighted by Crippen LogP contribution is -2.25. The van der Waals surface area contributed by atoms with Crippen LogP contribution in [0.5, 0.6) is 0 Å². The maximum Gasteiger partial charge on any atom is 0.307 e. The Kier molecular flexibility index (Phi) is 8.22. The number of carbonyl (C=O) groups excluding carboxylic acids is 3. The van der Waals surface area contributed by atoms with E-state index in [0.717, 1.165) is 15.4 Å². The molecule has 1 amide bonds. The SMILES string of the molecule is Cc1ccc(C(=O)C(C)OC(=O)CCC(=O)Nc2ccc(Sc3ccccc3)cc2)cc1. The van der Waals surface area contributed by atoms with Crippen molar-refractivity contribution in [3.63, 3.8) is 0 Å². The molecule has 1 N–H and O–H groups in total. The Morgan fingerprint density at radius 2 is 1.47 bits per heavy atom. The predicted octanol–water partition coefficient (Wildman–Crippen LogP) is 5.68. The van der Waals surface area contributed by atoms with Gasteiger partial charge in [-0.2, -0.15) is 0 Å². The molecular weight excluding hydrogens is 422 g/mol. The topological polar surface area (TPSA) is 72.5 Å². The summed E-state index contributed by atoms with van der Waals surface area (Å²) in [7, 11) is 0. The van der Waals surface area contributed by atoms with Gasteiger partial charge in [-0.05, 0) is 50.2 Å². The Morgan fingerprint density at radius 3 is 2.12 bits per heavy atom. The van der Waals surface area contributed by atoms with Crippen LogP contribution in [0, 0.1) is 6.92 Å². The van der Waals surface area contributed by atoms with E-state index in [9.17, 15) is 14.4 Å². The van der Waals surface area contributed by atoms with Crippen LogP contribution in [0.2, 0.25) is 0 Å². The van der Waals surface area contributed by atoms with Crippen molar-refractivity contribution < 1.29 is 19.1 Å². The summed E-state index contributed by atoms with van der Waals surface area (Å²) in [4.78, 5) is 38.8. The monoisotopic (exact) mass is 447 g/mol. The van der Waals surface area contributed by atoms with Crippen LogP contribution < -0.4 is 5.32 Å². The molecule has 0 spiro atoms. The Balaban J connectivity index is 1.42. The zero-order valence-electron chi connectivity index (χ0n) is 18.0. The zero-order valence-corrected chi connectivity index (χ0v) is 18.9. The molecule has 0 fully saturated rings. The molecule has 0 bridgehead atoms. The first kappa shape index (κ1) is 23.3. The van der Waals surface area contributed by atoms with Crippen LogP contribution in [-0.4, -0.2) is 23.8 Å². The molecule has 1 unspecified atom stereocenters. The lowest BCUT2D eigenvalue weighted by Gasteiger charge is -2.12. The third-order valence-corrected chi connectivity index (χ3v) is 5.70. The van der Waals surface area contributed by atoms with Crippen molar-refractivity contribution >= 4 is 35.1 Å².